The van der Waals surface area contributed by atoms with Gasteiger partial charge >= 0.3 is 0 Å². The maximum absolute atomic E-state index is 12.4. The second-order valence-electron chi connectivity index (χ2n) is 8.34. The van der Waals surface area contributed by atoms with Crippen molar-refractivity contribution in [1.29, 1.82) is 0 Å². The molecule has 0 unspecified atom stereocenters. The first kappa shape index (κ1) is 24.5. The summed E-state index contributed by atoms with van der Waals surface area (Å²) < 4.78 is 0. The van der Waals surface area contributed by atoms with Crippen LogP contribution in [0.4, 0.5) is 5.82 Å². The lowest BCUT2D eigenvalue weighted by atomic mass is 10.1. The van der Waals surface area contributed by atoms with Gasteiger partial charge in [0.05, 0.1) is 0 Å². The van der Waals surface area contributed by atoms with Crippen molar-refractivity contribution in [3.05, 3.63) is 82.5 Å². The minimum Gasteiger partial charge on any atom is -0.366 e. The number of nitrogens with zero attached hydrogens (tertiary/aromatic N) is 3. The van der Waals surface area contributed by atoms with E-state index in [4.69, 9.17) is 11.6 Å². The molecule has 178 valence electrons. The third-order valence-corrected chi connectivity index (χ3v) is 6.85. The van der Waals surface area contributed by atoms with Crippen LogP contribution in [-0.4, -0.2) is 47.0 Å². The van der Waals surface area contributed by atoms with Crippen LogP contribution in [0, 0.1) is 0 Å². The first-order valence-electron chi connectivity index (χ1n) is 11.7. The molecule has 2 aromatic carbocycles. The minimum absolute atomic E-state index is 0.0245. The molecule has 34 heavy (non-hydrogen) atoms. The molecule has 1 aliphatic heterocycles. The number of amides is 1. The van der Waals surface area contributed by atoms with Gasteiger partial charge in [0.15, 0.2) is 5.16 Å². The summed E-state index contributed by atoms with van der Waals surface area (Å²) in [6.45, 7) is 4.55. The van der Waals surface area contributed by atoms with Crippen LogP contribution in [0.15, 0.2) is 65.8 Å². The third kappa shape index (κ3) is 7.72. The Morgan fingerprint density at radius 1 is 0.971 bits per heavy atom. The van der Waals surface area contributed by atoms with Crippen LogP contribution in [0.1, 0.15) is 40.7 Å². The van der Waals surface area contributed by atoms with E-state index in [1.165, 1.54) is 36.6 Å². The van der Waals surface area contributed by atoms with Crippen LogP contribution in [0.2, 0.25) is 5.15 Å². The number of benzene rings is 2. The molecule has 0 aliphatic carbocycles. The average Bonchev–Trinajstić information content (AvgIpc) is 2.87. The van der Waals surface area contributed by atoms with Gasteiger partial charge in [0.25, 0.3) is 5.91 Å². The topological polar surface area (TPSA) is 70.2 Å². The maximum atomic E-state index is 12.4. The van der Waals surface area contributed by atoms with Crippen LogP contribution >= 0.6 is 23.4 Å². The van der Waals surface area contributed by atoms with Crippen molar-refractivity contribution in [3.8, 4) is 0 Å². The summed E-state index contributed by atoms with van der Waals surface area (Å²) >= 11 is 7.72. The Hall–Kier alpha value is -2.61. The van der Waals surface area contributed by atoms with Crippen molar-refractivity contribution in [1.82, 2.24) is 20.2 Å². The summed E-state index contributed by atoms with van der Waals surface area (Å²) in [5.74, 6) is 1.36. The van der Waals surface area contributed by atoms with Crippen molar-refractivity contribution in [2.45, 2.75) is 36.7 Å². The molecule has 0 spiro atoms. The van der Waals surface area contributed by atoms with Crippen molar-refractivity contribution in [2.24, 2.45) is 0 Å². The zero-order valence-electron chi connectivity index (χ0n) is 19.2. The summed E-state index contributed by atoms with van der Waals surface area (Å²) in [4.78, 5) is 23.8. The SMILES string of the molecule is O=C(NCCN1CCCCC1)c1ccc(CSc2nc(Cl)cc(NCc3ccccc3)n2)cc1. The summed E-state index contributed by atoms with van der Waals surface area (Å²) in [5, 5.41) is 7.35. The lowest BCUT2D eigenvalue weighted by Crippen LogP contribution is -2.37. The summed E-state index contributed by atoms with van der Waals surface area (Å²) in [5.41, 5.74) is 2.94. The van der Waals surface area contributed by atoms with Crippen LogP contribution in [0.3, 0.4) is 0 Å². The van der Waals surface area contributed by atoms with Crippen molar-refractivity contribution in [2.75, 3.05) is 31.5 Å². The van der Waals surface area contributed by atoms with Crippen molar-refractivity contribution in [3.63, 3.8) is 0 Å². The number of hydrogen-bond donors (Lipinski definition) is 2. The molecular weight excluding hydrogens is 466 g/mol. The number of hydrogen-bond acceptors (Lipinski definition) is 6. The van der Waals surface area contributed by atoms with E-state index in [1.54, 1.807) is 6.07 Å². The molecular formula is C26H30ClN5OS. The Bertz CT molecular complexity index is 1060. The molecule has 1 fully saturated rings. The van der Waals surface area contributed by atoms with Crippen LogP contribution in [0.25, 0.3) is 0 Å². The molecule has 0 saturated carbocycles. The highest BCUT2D eigenvalue weighted by Gasteiger charge is 2.11. The Morgan fingerprint density at radius 3 is 2.50 bits per heavy atom. The van der Waals surface area contributed by atoms with Crippen molar-refractivity contribution < 1.29 is 4.79 Å². The van der Waals surface area contributed by atoms with E-state index in [9.17, 15) is 4.79 Å². The summed E-state index contributed by atoms with van der Waals surface area (Å²) in [6, 6.07) is 19.6. The first-order chi connectivity index (χ1) is 16.7. The van der Waals surface area contributed by atoms with E-state index in [0.29, 0.717) is 40.5 Å². The number of aromatic nitrogens is 2. The second kappa shape index (κ2) is 12.7. The lowest BCUT2D eigenvalue weighted by molar-refractivity contribution is 0.0946. The maximum Gasteiger partial charge on any atom is 0.251 e. The molecule has 6 nitrogen and oxygen atoms in total. The van der Waals surface area contributed by atoms with Gasteiger partial charge in [-0.25, -0.2) is 9.97 Å². The smallest absolute Gasteiger partial charge is 0.251 e. The van der Waals surface area contributed by atoms with Gasteiger partial charge in [0, 0.05) is 37.0 Å². The highest BCUT2D eigenvalue weighted by atomic mass is 35.5. The summed E-state index contributed by atoms with van der Waals surface area (Å²) in [7, 11) is 0. The van der Waals surface area contributed by atoms with Crippen molar-refractivity contribution >= 4 is 35.1 Å². The van der Waals surface area contributed by atoms with Gasteiger partial charge in [-0.2, -0.15) is 0 Å². The van der Waals surface area contributed by atoms with E-state index >= 15 is 0 Å². The highest BCUT2D eigenvalue weighted by Crippen LogP contribution is 2.23. The Morgan fingerprint density at radius 2 is 1.74 bits per heavy atom. The van der Waals surface area contributed by atoms with Crippen LogP contribution < -0.4 is 10.6 Å². The molecule has 4 rings (SSSR count). The van der Waals surface area contributed by atoms with Crippen LogP contribution in [0.5, 0.6) is 0 Å². The average molecular weight is 496 g/mol. The quantitative estimate of drug-likeness (QED) is 0.227. The fourth-order valence-electron chi connectivity index (χ4n) is 3.85. The van der Waals surface area contributed by atoms with Gasteiger partial charge in [0.1, 0.15) is 11.0 Å². The number of nitrogens with one attached hydrogen (secondary N) is 2. The number of thioether (sulfide) groups is 1. The number of piperidine rings is 1. The summed E-state index contributed by atoms with van der Waals surface area (Å²) in [6.07, 6.45) is 3.85. The second-order valence-corrected chi connectivity index (χ2v) is 9.67. The predicted octanol–water partition coefficient (Wildman–Crippen LogP) is 5.25. The van der Waals surface area contributed by atoms with E-state index in [1.807, 2.05) is 42.5 Å². The van der Waals surface area contributed by atoms with Crippen LogP contribution in [-0.2, 0) is 12.3 Å². The number of likely N-dealkylation sites (tertiary alicyclic amines) is 1. The number of halogens is 1. The fraction of sp³-hybridized carbons (Fsp3) is 0.346. The van der Waals surface area contributed by atoms with Gasteiger partial charge in [-0.05, 0) is 49.2 Å². The molecule has 3 aromatic rings. The number of rotatable bonds is 10. The molecule has 1 aliphatic rings. The number of anilines is 1. The molecule has 1 amide bonds. The van der Waals surface area contributed by atoms with Gasteiger partial charge in [-0.15, -0.1) is 0 Å². The minimum atomic E-state index is -0.0245. The molecule has 0 bridgehead atoms. The van der Waals surface area contributed by atoms with Gasteiger partial charge in [-0.1, -0.05) is 72.2 Å². The Labute approximate surface area is 210 Å². The molecule has 0 radical (unpaired) electrons. The zero-order chi connectivity index (χ0) is 23.6. The van der Waals surface area contributed by atoms with Gasteiger partial charge in [-0.3, -0.25) is 4.79 Å². The molecule has 1 saturated heterocycles. The van der Waals surface area contributed by atoms with E-state index in [2.05, 4.69) is 37.6 Å². The largest absolute Gasteiger partial charge is 0.366 e. The zero-order valence-corrected chi connectivity index (χ0v) is 20.7. The lowest BCUT2D eigenvalue weighted by Gasteiger charge is -2.26. The normalized spacial score (nSPS) is 14.0. The monoisotopic (exact) mass is 495 g/mol. The van der Waals surface area contributed by atoms with E-state index in [0.717, 1.165) is 25.2 Å². The third-order valence-electron chi connectivity index (χ3n) is 5.74. The number of carbonyl (C=O) groups excluding carboxylic acids is 1. The van der Waals surface area contributed by atoms with E-state index in [-0.39, 0.29) is 5.91 Å². The van der Waals surface area contributed by atoms with E-state index < -0.39 is 0 Å². The standard InChI is InChI=1S/C26H30ClN5OS/c27-23-17-24(29-18-20-7-3-1-4-8-20)31-26(30-23)34-19-21-9-11-22(12-10-21)25(33)28-13-16-32-14-5-2-6-15-32/h1,3-4,7-12,17H,2,5-6,13-16,18-19H2,(H,28,33)(H,29,30,31). The van der Waals surface area contributed by atoms with Gasteiger partial charge in [0.2, 0.25) is 0 Å². The highest BCUT2D eigenvalue weighted by molar-refractivity contribution is 7.98. The molecule has 1 aromatic heterocycles. The Balaban J connectivity index is 1.24. The Kier molecular flexibility index (Phi) is 9.19. The van der Waals surface area contributed by atoms with Gasteiger partial charge < -0.3 is 15.5 Å². The fourth-order valence-corrected chi connectivity index (χ4v) is 4.90. The molecule has 0 atom stereocenters. The molecule has 2 N–H and O–H groups in total. The molecule has 2 heterocycles. The number of carbonyl (C=O) groups is 1. The predicted molar refractivity (Wildman–Crippen MR) is 139 cm³/mol. The molecule has 8 heteroatoms. The first-order valence-corrected chi connectivity index (χ1v) is 13.1.